The first-order chi connectivity index (χ1) is 5.86. The van der Waals surface area contributed by atoms with E-state index in [0.29, 0.717) is 5.92 Å². The summed E-state index contributed by atoms with van der Waals surface area (Å²) in [5.74, 6) is 1.42. The quantitative estimate of drug-likeness (QED) is 0.654. The second-order valence-electron chi connectivity index (χ2n) is 3.71. The largest absolute Gasteiger partial charge is 0.316 e. The van der Waals surface area contributed by atoms with E-state index in [0.717, 1.165) is 19.0 Å². The average molecular weight is 165 g/mol. The number of hydrogen-bond acceptors (Lipinski definition) is 2. The van der Waals surface area contributed by atoms with Gasteiger partial charge in [0.1, 0.15) is 0 Å². The van der Waals surface area contributed by atoms with Crippen molar-refractivity contribution >= 4 is 0 Å². The molecule has 66 valence electrons. The third-order valence-electron chi connectivity index (χ3n) is 2.53. The van der Waals surface area contributed by atoms with Crippen molar-refractivity contribution < 1.29 is 0 Å². The number of H-pyrrole nitrogens is 1. The van der Waals surface area contributed by atoms with Crippen LogP contribution >= 0.6 is 0 Å². The Kier molecular flexibility index (Phi) is 2.13. The minimum atomic E-state index is 0.635. The van der Waals surface area contributed by atoms with Gasteiger partial charge in [0, 0.05) is 24.4 Å². The van der Waals surface area contributed by atoms with Crippen LogP contribution in [0.25, 0.3) is 0 Å². The van der Waals surface area contributed by atoms with Crippen molar-refractivity contribution in [2.75, 3.05) is 13.1 Å². The van der Waals surface area contributed by atoms with Gasteiger partial charge in [-0.2, -0.15) is 5.10 Å². The molecule has 2 rings (SSSR count). The molecule has 2 N–H and O–H groups in total. The van der Waals surface area contributed by atoms with Crippen molar-refractivity contribution in [2.45, 2.75) is 19.3 Å². The zero-order valence-electron chi connectivity index (χ0n) is 7.38. The van der Waals surface area contributed by atoms with Crippen molar-refractivity contribution in [1.29, 1.82) is 0 Å². The standard InChI is InChI=1S/C9H15N3/c1-7-4-8(6-10-5-7)9-2-3-11-12-9/h2-3,7-8,10H,4-6H2,1H3,(H,11,12). The number of nitrogens with one attached hydrogen (secondary N) is 2. The van der Waals surface area contributed by atoms with Gasteiger partial charge in [-0.3, -0.25) is 5.10 Å². The van der Waals surface area contributed by atoms with Gasteiger partial charge in [0.2, 0.25) is 0 Å². The van der Waals surface area contributed by atoms with Crippen LogP contribution in [0, 0.1) is 5.92 Å². The molecule has 0 aliphatic carbocycles. The first-order valence-corrected chi connectivity index (χ1v) is 4.56. The summed E-state index contributed by atoms with van der Waals surface area (Å²) in [6.45, 7) is 4.53. The van der Waals surface area contributed by atoms with E-state index < -0.39 is 0 Å². The van der Waals surface area contributed by atoms with Crippen LogP contribution in [0.3, 0.4) is 0 Å². The highest BCUT2D eigenvalue weighted by Crippen LogP contribution is 2.23. The van der Waals surface area contributed by atoms with Crippen molar-refractivity contribution in [1.82, 2.24) is 15.5 Å². The fraction of sp³-hybridized carbons (Fsp3) is 0.667. The summed E-state index contributed by atoms with van der Waals surface area (Å²) >= 11 is 0. The van der Waals surface area contributed by atoms with E-state index in [1.54, 1.807) is 0 Å². The lowest BCUT2D eigenvalue weighted by Crippen LogP contribution is -2.33. The summed E-state index contributed by atoms with van der Waals surface area (Å²) < 4.78 is 0. The van der Waals surface area contributed by atoms with Crippen molar-refractivity contribution in [3.05, 3.63) is 18.0 Å². The van der Waals surface area contributed by atoms with Crippen LogP contribution in [0.4, 0.5) is 0 Å². The molecular weight excluding hydrogens is 150 g/mol. The molecule has 2 heterocycles. The van der Waals surface area contributed by atoms with Crippen LogP contribution < -0.4 is 5.32 Å². The Bertz CT molecular complexity index is 230. The van der Waals surface area contributed by atoms with Crippen LogP contribution in [-0.2, 0) is 0 Å². The molecule has 1 aliphatic heterocycles. The third-order valence-corrected chi connectivity index (χ3v) is 2.53. The Labute approximate surface area is 72.6 Å². The Morgan fingerprint density at radius 3 is 3.08 bits per heavy atom. The summed E-state index contributed by atoms with van der Waals surface area (Å²) in [7, 11) is 0. The molecule has 1 saturated heterocycles. The van der Waals surface area contributed by atoms with Crippen LogP contribution in [-0.4, -0.2) is 23.3 Å². The fourth-order valence-electron chi connectivity index (χ4n) is 1.89. The molecular formula is C9H15N3. The van der Waals surface area contributed by atoms with Gasteiger partial charge < -0.3 is 5.32 Å². The normalized spacial score (nSPS) is 30.4. The predicted octanol–water partition coefficient (Wildman–Crippen LogP) is 1.12. The molecule has 1 aromatic rings. The van der Waals surface area contributed by atoms with Crippen molar-refractivity contribution in [3.63, 3.8) is 0 Å². The van der Waals surface area contributed by atoms with E-state index in [9.17, 15) is 0 Å². The van der Waals surface area contributed by atoms with E-state index >= 15 is 0 Å². The molecule has 1 fully saturated rings. The monoisotopic (exact) mass is 165 g/mol. The molecule has 0 saturated carbocycles. The van der Waals surface area contributed by atoms with Gasteiger partial charge in [-0.05, 0) is 24.9 Å². The molecule has 0 amide bonds. The molecule has 1 aromatic heterocycles. The highest BCUT2D eigenvalue weighted by molar-refractivity contribution is 5.07. The van der Waals surface area contributed by atoms with Gasteiger partial charge in [0.15, 0.2) is 0 Å². The maximum Gasteiger partial charge on any atom is 0.0490 e. The Balaban J connectivity index is 2.04. The van der Waals surface area contributed by atoms with E-state index in [2.05, 4.69) is 28.5 Å². The third kappa shape index (κ3) is 1.50. The first-order valence-electron chi connectivity index (χ1n) is 4.56. The summed E-state index contributed by atoms with van der Waals surface area (Å²) in [6.07, 6.45) is 3.10. The zero-order chi connectivity index (χ0) is 8.39. The van der Waals surface area contributed by atoms with Gasteiger partial charge in [-0.1, -0.05) is 6.92 Å². The summed E-state index contributed by atoms with van der Waals surface area (Å²) in [4.78, 5) is 0. The average Bonchev–Trinajstić information content (AvgIpc) is 2.56. The van der Waals surface area contributed by atoms with Crippen LogP contribution in [0.1, 0.15) is 25.0 Å². The SMILES string of the molecule is CC1CNCC(c2ccn[nH]2)C1. The maximum absolute atomic E-state index is 3.97. The van der Waals surface area contributed by atoms with Crippen molar-refractivity contribution in [3.8, 4) is 0 Å². The van der Waals surface area contributed by atoms with Crippen LogP contribution in [0.2, 0.25) is 0 Å². The summed E-state index contributed by atoms with van der Waals surface area (Å²) in [5, 5.41) is 10.4. The highest BCUT2D eigenvalue weighted by atomic mass is 15.1. The number of piperidine rings is 1. The number of aromatic amines is 1. The smallest absolute Gasteiger partial charge is 0.0490 e. The molecule has 0 spiro atoms. The molecule has 12 heavy (non-hydrogen) atoms. The topological polar surface area (TPSA) is 40.7 Å². The second kappa shape index (κ2) is 3.27. The predicted molar refractivity (Wildman–Crippen MR) is 48.0 cm³/mol. The molecule has 2 atom stereocenters. The number of hydrogen-bond donors (Lipinski definition) is 2. The molecule has 3 nitrogen and oxygen atoms in total. The van der Waals surface area contributed by atoms with Gasteiger partial charge >= 0.3 is 0 Å². The summed E-state index contributed by atoms with van der Waals surface area (Å²) in [6, 6.07) is 2.07. The Morgan fingerprint density at radius 1 is 1.50 bits per heavy atom. The van der Waals surface area contributed by atoms with Gasteiger partial charge in [-0.15, -0.1) is 0 Å². The number of nitrogens with zero attached hydrogens (tertiary/aromatic N) is 1. The number of rotatable bonds is 1. The molecule has 3 heteroatoms. The van der Waals surface area contributed by atoms with Gasteiger partial charge in [0.05, 0.1) is 0 Å². The minimum Gasteiger partial charge on any atom is -0.316 e. The molecule has 0 bridgehead atoms. The molecule has 0 aromatic carbocycles. The lowest BCUT2D eigenvalue weighted by Gasteiger charge is -2.26. The van der Waals surface area contributed by atoms with Gasteiger partial charge in [0.25, 0.3) is 0 Å². The van der Waals surface area contributed by atoms with E-state index in [1.165, 1.54) is 12.1 Å². The molecule has 1 aliphatic rings. The summed E-state index contributed by atoms with van der Waals surface area (Å²) in [5.41, 5.74) is 1.27. The second-order valence-corrected chi connectivity index (χ2v) is 3.71. The maximum atomic E-state index is 3.97. The fourth-order valence-corrected chi connectivity index (χ4v) is 1.89. The molecule has 2 unspecified atom stereocenters. The lowest BCUT2D eigenvalue weighted by atomic mass is 9.90. The van der Waals surface area contributed by atoms with Crippen LogP contribution in [0.5, 0.6) is 0 Å². The minimum absolute atomic E-state index is 0.635. The molecule has 0 radical (unpaired) electrons. The zero-order valence-corrected chi connectivity index (χ0v) is 7.38. The highest BCUT2D eigenvalue weighted by Gasteiger charge is 2.20. The van der Waals surface area contributed by atoms with E-state index in [1.807, 2.05) is 6.20 Å². The Morgan fingerprint density at radius 2 is 2.42 bits per heavy atom. The first kappa shape index (κ1) is 7.80. The Hall–Kier alpha value is -0.830. The van der Waals surface area contributed by atoms with E-state index in [-0.39, 0.29) is 0 Å². The van der Waals surface area contributed by atoms with Crippen LogP contribution in [0.15, 0.2) is 12.3 Å². The number of aromatic nitrogens is 2. The van der Waals surface area contributed by atoms with E-state index in [4.69, 9.17) is 0 Å². The van der Waals surface area contributed by atoms with Gasteiger partial charge in [-0.25, -0.2) is 0 Å². The van der Waals surface area contributed by atoms with Crippen molar-refractivity contribution in [2.24, 2.45) is 5.92 Å². The lowest BCUT2D eigenvalue weighted by molar-refractivity contribution is 0.359.